The minimum absolute atomic E-state index is 0.309. The maximum atomic E-state index is 12.1. The van der Waals surface area contributed by atoms with Crippen LogP contribution in [0.1, 0.15) is 47.7 Å². The van der Waals surface area contributed by atoms with Gasteiger partial charge in [-0.15, -0.1) is 0 Å². The fraction of sp³-hybridized carbons (Fsp3) is 0.400. The van der Waals surface area contributed by atoms with Crippen LogP contribution in [0.15, 0.2) is 33.8 Å². The van der Waals surface area contributed by atoms with Gasteiger partial charge in [-0.1, -0.05) is 13.8 Å². The normalized spacial score (nSPS) is 11.2. The number of hydrogen-bond acceptors (Lipinski definition) is 5. The summed E-state index contributed by atoms with van der Waals surface area (Å²) in [5, 5.41) is 4.00. The Hall–Kier alpha value is -2.76. The molecular weight excluding hydrogens is 332 g/mol. The van der Waals surface area contributed by atoms with Gasteiger partial charge in [0, 0.05) is 0 Å². The number of carbonyl (C=O) groups excluding carboxylic acids is 1. The second-order valence-electron chi connectivity index (χ2n) is 6.47. The quantitative estimate of drug-likeness (QED) is 0.570. The van der Waals surface area contributed by atoms with E-state index in [2.05, 4.69) is 24.4 Å². The van der Waals surface area contributed by atoms with Crippen molar-refractivity contribution in [1.82, 2.24) is 5.43 Å². The van der Waals surface area contributed by atoms with Gasteiger partial charge in [-0.05, 0) is 56.0 Å². The number of benzene rings is 1. The highest BCUT2D eigenvalue weighted by atomic mass is 16.5. The van der Waals surface area contributed by atoms with Crippen molar-refractivity contribution < 1.29 is 18.7 Å². The van der Waals surface area contributed by atoms with Crippen molar-refractivity contribution in [1.29, 1.82) is 0 Å². The van der Waals surface area contributed by atoms with Crippen LogP contribution in [0, 0.1) is 19.8 Å². The molecule has 0 saturated carbocycles. The van der Waals surface area contributed by atoms with Gasteiger partial charge < -0.3 is 13.9 Å². The Bertz CT molecular complexity index is 778. The minimum atomic E-state index is -0.309. The van der Waals surface area contributed by atoms with Gasteiger partial charge in [-0.2, -0.15) is 5.10 Å². The van der Waals surface area contributed by atoms with Crippen molar-refractivity contribution in [2.24, 2.45) is 11.0 Å². The van der Waals surface area contributed by atoms with E-state index >= 15 is 0 Å². The number of aryl methyl sites for hydroxylation is 2. The van der Waals surface area contributed by atoms with Gasteiger partial charge in [0.05, 0.1) is 25.5 Å². The van der Waals surface area contributed by atoms with Crippen molar-refractivity contribution in [3.05, 3.63) is 46.9 Å². The summed E-state index contributed by atoms with van der Waals surface area (Å²) in [4.78, 5) is 12.1. The molecule has 26 heavy (non-hydrogen) atoms. The fourth-order valence-corrected chi connectivity index (χ4v) is 2.37. The summed E-state index contributed by atoms with van der Waals surface area (Å²) in [7, 11) is 1.59. The van der Waals surface area contributed by atoms with E-state index in [9.17, 15) is 4.79 Å². The summed E-state index contributed by atoms with van der Waals surface area (Å²) < 4.78 is 16.5. The number of nitrogens with one attached hydrogen (secondary N) is 1. The lowest BCUT2D eigenvalue weighted by Crippen LogP contribution is -2.17. The number of hydrazone groups is 1. The van der Waals surface area contributed by atoms with Gasteiger partial charge in [0.1, 0.15) is 11.5 Å². The molecule has 0 aliphatic rings. The Morgan fingerprint density at radius 3 is 2.65 bits per heavy atom. The molecule has 0 atom stereocenters. The lowest BCUT2D eigenvalue weighted by atomic mass is 10.1. The highest BCUT2D eigenvalue weighted by molar-refractivity contribution is 5.95. The zero-order valence-electron chi connectivity index (χ0n) is 16.0. The van der Waals surface area contributed by atoms with E-state index in [1.807, 2.05) is 18.2 Å². The van der Waals surface area contributed by atoms with Crippen molar-refractivity contribution in [2.75, 3.05) is 13.7 Å². The Kier molecular flexibility index (Phi) is 6.83. The summed E-state index contributed by atoms with van der Waals surface area (Å²) in [5.41, 5.74) is 3.77. The summed E-state index contributed by atoms with van der Waals surface area (Å²) in [6.07, 6.45) is 2.53. The molecule has 6 nitrogen and oxygen atoms in total. The molecule has 2 rings (SSSR count). The summed E-state index contributed by atoms with van der Waals surface area (Å²) in [6, 6.07) is 7.20. The number of rotatable bonds is 8. The third-order valence-corrected chi connectivity index (χ3v) is 3.81. The maximum Gasteiger partial charge on any atom is 0.274 e. The molecule has 0 aliphatic heterocycles. The van der Waals surface area contributed by atoms with E-state index in [4.69, 9.17) is 13.9 Å². The highest BCUT2D eigenvalue weighted by Crippen LogP contribution is 2.28. The van der Waals surface area contributed by atoms with Gasteiger partial charge in [0.15, 0.2) is 11.5 Å². The number of hydrogen-bond donors (Lipinski definition) is 1. The van der Waals surface area contributed by atoms with E-state index in [1.165, 1.54) is 0 Å². The molecule has 0 saturated heterocycles. The third kappa shape index (κ3) is 5.37. The second kappa shape index (κ2) is 9.08. The minimum Gasteiger partial charge on any atom is -0.493 e. The first-order valence-corrected chi connectivity index (χ1v) is 8.62. The molecule has 2 aromatic rings. The lowest BCUT2D eigenvalue weighted by Gasteiger charge is -2.12. The number of methoxy groups -OCH3 is 1. The first-order valence-electron chi connectivity index (χ1n) is 8.62. The second-order valence-corrected chi connectivity index (χ2v) is 6.47. The Morgan fingerprint density at radius 2 is 2.04 bits per heavy atom. The first-order chi connectivity index (χ1) is 12.4. The monoisotopic (exact) mass is 358 g/mol. The number of nitrogens with zero attached hydrogens (tertiary/aromatic N) is 1. The van der Waals surface area contributed by atoms with Gasteiger partial charge in [-0.25, -0.2) is 5.43 Å². The molecular formula is C20H26N2O4. The average Bonchev–Trinajstić information content (AvgIpc) is 2.93. The zero-order chi connectivity index (χ0) is 19.1. The van der Waals surface area contributed by atoms with Crippen molar-refractivity contribution >= 4 is 12.1 Å². The van der Waals surface area contributed by atoms with Crippen LogP contribution in [0.2, 0.25) is 0 Å². The molecule has 1 heterocycles. The molecule has 0 fully saturated rings. The van der Waals surface area contributed by atoms with Crippen LogP contribution < -0.4 is 14.9 Å². The molecule has 0 aliphatic carbocycles. The van der Waals surface area contributed by atoms with Crippen molar-refractivity contribution in [3.8, 4) is 11.5 Å². The number of amides is 1. The van der Waals surface area contributed by atoms with Crippen LogP contribution in [-0.2, 0) is 0 Å². The van der Waals surface area contributed by atoms with E-state index in [1.54, 1.807) is 33.2 Å². The molecule has 6 heteroatoms. The third-order valence-electron chi connectivity index (χ3n) is 3.81. The molecule has 0 unspecified atom stereocenters. The molecule has 0 radical (unpaired) electrons. The molecule has 0 bridgehead atoms. The van der Waals surface area contributed by atoms with Crippen LogP contribution in [0.25, 0.3) is 0 Å². The van der Waals surface area contributed by atoms with Crippen LogP contribution in [0.5, 0.6) is 11.5 Å². The number of ether oxygens (including phenoxy) is 2. The van der Waals surface area contributed by atoms with E-state index in [-0.39, 0.29) is 5.91 Å². The summed E-state index contributed by atoms with van der Waals surface area (Å²) in [6.45, 7) is 8.49. The molecule has 1 amide bonds. The molecule has 140 valence electrons. The van der Waals surface area contributed by atoms with Gasteiger partial charge >= 0.3 is 0 Å². The fourth-order valence-electron chi connectivity index (χ4n) is 2.37. The number of furan rings is 1. The van der Waals surface area contributed by atoms with Crippen LogP contribution in [-0.4, -0.2) is 25.8 Å². The van der Waals surface area contributed by atoms with E-state index in [0.29, 0.717) is 41.1 Å². The largest absolute Gasteiger partial charge is 0.493 e. The molecule has 1 aromatic carbocycles. The standard InChI is InChI=1S/C20H26N2O4/c1-13(2)8-9-25-18-7-6-16(11-19(18)24-5)12-21-22-20(23)17-10-14(3)26-15(17)4/h6-7,10-13H,8-9H2,1-5H3,(H,22,23). The maximum absolute atomic E-state index is 12.1. The Labute approximate surface area is 154 Å². The Balaban J connectivity index is 1.99. The van der Waals surface area contributed by atoms with Crippen LogP contribution in [0.4, 0.5) is 0 Å². The van der Waals surface area contributed by atoms with E-state index < -0.39 is 0 Å². The molecule has 1 N–H and O–H groups in total. The van der Waals surface area contributed by atoms with Crippen LogP contribution in [0.3, 0.4) is 0 Å². The van der Waals surface area contributed by atoms with E-state index in [0.717, 1.165) is 12.0 Å². The zero-order valence-corrected chi connectivity index (χ0v) is 16.0. The summed E-state index contributed by atoms with van der Waals surface area (Å²) in [5.74, 6) is 2.85. The van der Waals surface area contributed by atoms with Crippen molar-refractivity contribution in [3.63, 3.8) is 0 Å². The first kappa shape index (κ1) is 19.6. The average molecular weight is 358 g/mol. The number of carbonyl (C=O) groups is 1. The predicted molar refractivity (Wildman–Crippen MR) is 101 cm³/mol. The van der Waals surface area contributed by atoms with Crippen LogP contribution >= 0.6 is 0 Å². The van der Waals surface area contributed by atoms with Crippen molar-refractivity contribution in [2.45, 2.75) is 34.1 Å². The van der Waals surface area contributed by atoms with Gasteiger partial charge in [-0.3, -0.25) is 4.79 Å². The highest BCUT2D eigenvalue weighted by Gasteiger charge is 2.12. The topological polar surface area (TPSA) is 73.1 Å². The smallest absolute Gasteiger partial charge is 0.274 e. The summed E-state index contributed by atoms with van der Waals surface area (Å²) >= 11 is 0. The SMILES string of the molecule is COc1cc(C=NNC(=O)c2cc(C)oc2C)ccc1OCCC(C)C. The Morgan fingerprint density at radius 1 is 1.27 bits per heavy atom. The van der Waals surface area contributed by atoms with Gasteiger partial charge in [0.2, 0.25) is 0 Å². The lowest BCUT2D eigenvalue weighted by molar-refractivity contribution is 0.0953. The molecule has 0 spiro atoms. The van der Waals surface area contributed by atoms with Gasteiger partial charge in [0.25, 0.3) is 5.91 Å². The molecule has 1 aromatic heterocycles. The predicted octanol–water partition coefficient (Wildman–Crippen LogP) is 4.09.